The Hall–Kier alpha value is -7.62. The predicted octanol–water partition coefficient (Wildman–Crippen LogP) is 15.7. The van der Waals surface area contributed by atoms with Gasteiger partial charge in [-0.1, -0.05) is 115 Å². The van der Waals surface area contributed by atoms with Crippen molar-refractivity contribution >= 4 is 60.8 Å². The van der Waals surface area contributed by atoms with Crippen molar-refractivity contribution in [2.75, 3.05) is 4.90 Å². The molecule has 0 saturated carbocycles. The lowest BCUT2D eigenvalue weighted by Gasteiger charge is -2.28. The molecule has 0 amide bonds. The predicted molar refractivity (Wildman–Crippen MR) is 251 cm³/mol. The van der Waals surface area contributed by atoms with Gasteiger partial charge in [0.1, 0.15) is 11.2 Å². The molecule has 0 saturated heterocycles. The first-order chi connectivity index (χ1) is 29.6. The van der Waals surface area contributed by atoms with Crippen molar-refractivity contribution < 1.29 is 4.42 Å². The summed E-state index contributed by atoms with van der Waals surface area (Å²) in [6.07, 6.45) is 0.926. The van der Waals surface area contributed by atoms with Crippen molar-refractivity contribution in [3.8, 4) is 39.1 Å². The van der Waals surface area contributed by atoms with Crippen LogP contribution in [0.3, 0.4) is 0 Å². The normalized spacial score (nSPS) is 12.1. The van der Waals surface area contributed by atoms with Crippen LogP contribution in [0.5, 0.6) is 0 Å². The van der Waals surface area contributed by atoms with Crippen LogP contribution >= 0.6 is 0 Å². The molecule has 11 aromatic rings. The molecule has 0 bridgehead atoms. The molecule has 60 heavy (non-hydrogen) atoms. The Morgan fingerprint density at radius 1 is 0.433 bits per heavy atom. The van der Waals surface area contributed by atoms with E-state index in [4.69, 9.17) is 4.42 Å². The standard InChI is InChI=1S/C57H40N2O/c1-36-13-6-8-17-45(36)46-27-25-43(31-37(46)2)58(44-26-28-48-41(33-44)32-40-14-7-9-18-47(40)48)54-21-12-22-56-57(54)51-35-39(24-30-55(51)60-56)38-23-29-53-50(34-38)49-19-10-11-20-52(49)59(53)42-15-4-3-5-16-42/h3-31,33-35H,32H2,1-2H3. The van der Waals surface area contributed by atoms with Gasteiger partial charge in [0.15, 0.2) is 0 Å². The van der Waals surface area contributed by atoms with E-state index in [9.17, 15) is 0 Å². The Balaban J connectivity index is 1.04. The molecule has 9 aromatic carbocycles. The molecular formula is C57H40N2O. The fourth-order valence-electron chi connectivity index (χ4n) is 9.84. The molecular weight excluding hydrogens is 729 g/mol. The minimum atomic E-state index is 0.868. The Labute approximate surface area is 349 Å². The second-order valence-corrected chi connectivity index (χ2v) is 16.2. The van der Waals surface area contributed by atoms with Crippen LogP contribution in [-0.2, 0) is 6.42 Å². The quantitative estimate of drug-likeness (QED) is 0.168. The van der Waals surface area contributed by atoms with Crippen LogP contribution in [0.15, 0.2) is 199 Å². The van der Waals surface area contributed by atoms with Crippen LogP contribution in [0.1, 0.15) is 22.3 Å². The van der Waals surface area contributed by atoms with E-state index in [1.165, 1.54) is 71.9 Å². The van der Waals surface area contributed by atoms with Gasteiger partial charge in [-0.05, 0) is 155 Å². The van der Waals surface area contributed by atoms with Crippen LogP contribution in [0.4, 0.5) is 17.1 Å². The van der Waals surface area contributed by atoms with E-state index in [1.807, 2.05) is 0 Å². The fraction of sp³-hybridized carbons (Fsp3) is 0.0526. The molecule has 0 spiro atoms. The van der Waals surface area contributed by atoms with E-state index in [-0.39, 0.29) is 0 Å². The van der Waals surface area contributed by atoms with Gasteiger partial charge in [-0.2, -0.15) is 0 Å². The average Bonchev–Trinajstić information content (AvgIpc) is 3.96. The summed E-state index contributed by atoms with van der Waals surface area (Å²) < 4.78 is 9.06. The molecule has 12 rings (SSSR count). The average molecular weight is 769 g/mol. The number of aromatic nitrogens is 1. The molecule has 284 valence electrons. The van der Waals surface area contributed by atoms with Gasteiger partial charge >= 0.3 is 0 Å². The van der Waals surface area contributed by atoms with E-state index >= 15 is 0 Å². The third-order valence-corrected chi connectivity index (χ3v) is 12.7. The Morgan fingerprint density at radius 2 is 1.10 bits per heavy atom. The number of furan rings is 1. The zero-order valence-corrected chi connectivity index (χ0v) is 33.5. The number of hydrogen-bond acceptors (Lipinski definition) is 2. The van der Waals surface area contributed by atoms with Gasteiger partial charge in [0.05, 0.1) is 22.1 Å². The van der Waals surface area contributed by atoms with Crippen LogP contribution < -0.4 is 4.90 Å². The molecule has 2 aromatic heterocycles. The number of rotatable bonds is 6. The molecule has 0 fully saturated rings. The second-order valence-electron chi connectivity index (χ2n) is 16.2. The smallest absolute Gasteiger partial charge is 0.137 e. The molecule has 1 aliphatic carbocycles. The van der Waals surface area contributed by atoms with Crippen molar-refractivity contribution in [3.63, 3.8) is 0 Å². The van der Waals surface area contributed by atoms with Gasteiger partial charge < -0.3 is 13.9 Å². The summed E-state index contributed by atoms with van der Waals surface area (Å²) in [5.41, 5.74) is 21.4. The number of anilines is 3. The Bertz CT molecular complexity index is 3500. The summed E-state index contributed by atoms with van der Waals surface area (Å²) in [6, 6.07) is 70.8. The van der Waals surface area contributed by atoms with Crippen molar-refractivity contribution in [2.45, 2.75) is 20.3 Å². The topological polar surface area (TPSA) is 21.3 Å². The number of hydrogen-bond donors (Lipinski definition) is 0. The van der Waals surface area contributed by atoms with E-state index < -0.39 is 0 Å². The molecule has 3 nitrogen and oxygen atoms in total. The van der Waals surface area contributed by atoms with Gasteiger partial charge in [-0.15, -0.1) is 0 Å². The zero-order valence-electron chi connectivity index (χ0n) is 33.5. The summed E-state index contributed by atoms with van der Waals surface area (Å²) in [4.78, 5) is 2.44. The number of para-hydroxylation sites is 2. The van der Waals surface area contributed by atoms with E-state index in [0.29, 0.717) is 0 Å². The highest BCUT2D eigenvalue weighted by atomic mass is 16.3. The molecule has 0 atom stereocenters. The summed E-state index contributed by atoms with van der Waals surface area (Å²) in [7, 11) is 0. The van der Waals surface area contributed by atoms with Gasteiger partial charge in [-0.25, -0.2) is 0 Å². The van der Waals surface area contributed by atoms with E-state index in [1.54, 1.807) is 0 Å². The maximum absolute atomic E-state index is 6.69. The minimum Gasteiger partial charge on any atom is -0.456 e. The molecule has 0 unspecified atom stereocenters. The molecule has 0 N–H and O–H groups in total. The second kappa shape index (κ2) is 13.5. The van der Waals surface area contributed by atoms with E-state index in [2.05, 4.69) is 217 Å². The number of fused-ring (bicyclic) bond motifs is 9. The SMILES string of the molecule is Cc1ccccc1-c1ccc(N(c2ccc3c(c2)Cc2ccccc2-3)c2cccc3oc4ccc(-c5ccc6c(c5)c5ccccc5n6-c5ccccc5)cc4c23)cc1C. The summed E-state index contributed by atoms with van der Waals surface area (Å²) in [5, 5.41) is 4.67. The highest BCUT2D eigenvalue weighted by molar-refractivity contribution is 6.15. The maximum atomic E-state index is 6.69. The van der Waals surface area contributed by atoms with E-state index in [0.717, 1.165) is 56.7 Å². The van der Waals surface area contributed by atoms with Crippen molar-refractivity contribution in [1.29, 1.82) is 0 Å². The third kappa shape index (κ3) is 5.36. The van der Waals surface area contributed by atoms with Gasteiger partial charge in [0.25, 0.3) is 0 Å². The number of benzene rings is 9. The number of aryl methyl sites for hydroxylation is 2. The highest BCUT2D eigenvalue weighted by Crippen LogP contribution is 2.47. The highest BCUT2D eigenvalue weighted by Gasteiger charge is 2.24. The molecule has 0 radical (unpaired) electrons. The third-order valence-electron chi connectivity index (χ3n) is 12.7. The lowest BCUT2D eigenvalue weighted by molar-refractivity contribution is 0.669. The first-order valence-electron chi connectivity index (χ1n) is 20.8. The zero-order chi connectivity index (χ0) is 39.9. The monoisotopic (exact) mass is 768 g/mol. The summed E-state index contributed by atoms with van der Waals surface area (Å²) >= 11 is 0. The van der Waals surface area contributed by atoms with Gasteiger partial charge in [-0.3, -0.25) is 0 Å². The molecule has 0 aliphatic heterocycles. The largest absolute Gasteiger partial charge is 0.456 e. The maximum Gasteiger partial charge on any atom is 0.137 e. The minimum absolute atomic E-state index is 0.868. The van der Waals surface area contributed by atoms with Crippen molar-refractivity contribution in [1.82, 2.24) is 4.57 Å². The van der Waals surface area contributed by atoms with Crippen LogP contribution in [-0.4, -0.2) is 4.57 Å². The van der Waals surface area contributed by atoms with Crippen LogP contribution in [0, 0.1) is 13.8 Å². The first-order valence-corrected chi connectivity index (χ1v) is 20.8. The summed E-state index contributed by atoms with van der Waals surface area (Å²) in [6.45, 7) is 4.43. The van der Waals surface area contributed by atoms with Gasteiger partial charge in [0, 0.05) is 33.2 Å². The Kier molecular flexibility index (Phi) is 7.73. The Morgan fingerprint density at radius 3 is 1.95 bits per heavy atom. The lowest BCUT2D eigenvalue weighted by atomic mass is 9.95. The molecule has 3 heteroatoms. The fourth-order valence-corrected chi connectivity index (χ4v) is 9.84. The summed E-state index contributed by atoms with van der Waals surface area (Å²) in [5.74, 6) is 0. The molecule has 1 aliphatic rings. The molecule has 2 heterocycles. The van der Waals surface area contributed by atoms with Crippen LogP contribution in [0.25, 0.3) is 82.8 Å². The van der Waals surface area contributed by atoms with Crippen molar-refractivity contribution in [2.24, 2.45) is 0 Å². The van der Waals surface area contributed by atoms with Crippen LogP contribution in [0.2, 0.25) is 0 Å². The van der Waals surface area contributed by atoms with Gasteiger partial charge in [0.2, 0.25) is 0 Å². The number of nitrogens with zero attached hydrogens (tertiary/aromatic N) is 2. The first kappa shape index (κ1) is 34.4. The lowest BCUT2D eigenvalue weighted by Crippen LogP contribution is -2.11. The van der Waals surface area contributed by atoms with Crippen molar-refractivity contribution in [3.05, 3.63) is 216 Å².